The monoisotopic (exact) mass is 600 g/mol. The Morgan fingerprint density at radius 3 is 2.62 bits per heavy atom. The van der Waals surface area contributed by atoms with E-state index in [9.17, 15) is 19.5 Å². The highest BCUT2D eigenvalue weighted by Crippen LogP contribution is 2.65. The lowest BCUT2D eigenvalue weighted by Gasteiger charge is -2.40. The molecule has 1 N–H and O–H groups in total. The maximum atomic E-state index is 14.9. The Kier molecular flexibility index (Phi) is 9.90. The summed E-state index contributed by atoms with van der Waals surface area (Å²) in [7, 11) is 0. The zero-order valence-electron chi connectivity index (χ0n) is 25.3. The maximum Gasteiger partial charge on any atom is 0.312 e. The lowest BCUT2D eigenvalue weighted by molar-refractivity contribution is -0.162. The number of aliphatic hydroxyl groups is 1. The normalized spacial score (nSPS) is 28.6. The number of carbonyl (C=O) groups is 3. The number of hydrogen-bond acceptors (Lipinski definition) is 6. The van der Waals surface area contributed by atoms with Crippen LogP contribution in [0.2, 0.25) is 5.02 Å². The maximum absolute atomic E-state index is 14.9. The first-order chi connectivity index (χ1) is 20.0. The fraction of sp³-hybridized carbons (Fsp3) is 0.606. The highest BCUT2D eigenvalue weighted by atomic mass is 35.5. The number of nitrogens with zero attached hydrogens (tertiary/aromatic N) is 2. The Morgan fingerprint density at radius 1 is 1.29 bits per heavy atom. The largest absolute Gasteiger partial charge is 0.465 e. The van der Waals surface area contributed by atoms with E-state index in [0.717, 1.165) is 5.56 Å². The number of unbranched alkanes of at least 4 members (excludes halogenated alkanes) is 1. The quantitative estimate of drug-likeness (QED) is 0.178. The van der Waals surface area contributed by atoms with E-state index >= 15 is 0 Å². The number of halogens is 1. The second-order valence-electron chi connectivity index (χ2n) is 12.3. The van der Waals surface area contributed by atoms with Crippen LogP contribution in [0.25, 0.3) is 0 Å². The molecule has 3 fully saturated rings. The molecule has 8 nitrogen and oxygen atoms in total. The minimum Gasteiger partial charge on any atom is -0.465 e. The van der Waals surface area contributed by atoms with Crippen LogP contribution in [0.3, 0.4) is 0 Å². The number of ether oxygens (including phenoxy) is 2. The lowest BCUT2D eigenvalue weighted by atomic mass is 9.65. The number of rotatable bonds is 14. The average Bonchev–Trinajstić information content (AvgIpc) is 3.56. The molecule has 3 aliphatic rings. The summed E-state index contributed by atoms with van der Waals surface area (Å²) < 4.78 is 12.6. The van der Waals surface area contributed by atoms with E-state index in [2.05, 4.69) is 13.2 Å². The zero-order chi connectivity index (χ0) is 30.8. The van der Waals surface area contributed by atoms with Gasteiger partial charge in [0, 0.05) is 6.54 Å². The third-order valence-corrected chi connectivity index (χ3v) is 9.59. The number of carbonyl (C=O) groups excluding carboxylic acids is 3. The lowest BCUT2D eigenvalue weighted by Crippen LogP contribution is -2.59. The van der Waals surface area contributed by atoms with Gasteiger partial charge >= 0.3 is 5.97 Å². The van der Waals surface area contributed by atoms with Crippen molar-refractivity contribution in [3.8, 4) is 0 Å². The van der Waals surface area contributed by atoms with Crippen LogP contribution < -0.4 is 4.90 Å². The van der Waals surface area contributed by atoms with Gasteiger partial charge in [0.05, 0.1) is 41.5 Å². The summed E-state index contributed by atoms with van der Waals surface area (Å²) in [5, 5.41) is 11.0. The Morgan fingerprint density at radius 2 is 2.02 bits per heavy atom. The first kappa shape index (κ1) is 32.2. The van der Waals surface area contributed by atoms with Crippen LogP contribution in [-0.2, 0) is 23.9 Å². The number of amides is 2. The van der Waals surface area contributed by atoms with Gasteiger partial charge in [0.15, 0.2) is 0 Å². The van der Waals surface area contributed by atoms with Crippen LogP contribution in [0.15, 0.2) is 43.5 Å². The zero-order valence-corrected chi connectivity index (χ0v) is 26.1. The van der Waals surface area contributed by atoms with Gasteiger partial charge in [0.1, 0.15) is 17.6 Å². The molecule has 3 aliphatic heterocycles. The van der Waals surface area contributed by atoms with Crippen LogP contribution in [0.5, 0.6) is 0 Å². The summed E-state index contributed by atoms with van der Waals surface area (Å²) in [5.41, 5.74) is -0.812. The third kappa shape index (κ3) is 5.31. The standard InChI is InChI=1S/C33H45ClN2O6/c1-7-10-11-18-41-31(40)26-25-29(38)36(23(20-37)19-21(4)5)28(33(25)16-15-32(26,9-3)42-33)30(39)35(17-8-2)27-22(6)13-12-14-24(27)34/h7-8,12-14,21,23,25-26,28,37H,1-2,9-11,15-20H2,3-6H3/t23-,25+,26+,28?,32-,33?/m1/s1. The highest BCUT2D eigenvalue weighted by Gasteiger charge is 2.79. The number of allylic oxidation sites excluding steroid dienone is 1. The van der Waals surface area contributed by atoms with Crippen molar-refractivity contribution < 1.29 is 29.0 Å². The summed E-state index contributed by atoms with van der Waals surface area (Å²) in [4.78, 5) is 46.3. The highest BCUT2D eigenvalue weighted by molar-refractivity contribution is 6.34. The first-order valence-corrected chi connectivity index (χ1v) is 15.5. The van der Waals surface area contributed by atoms with E-state index in [1.807, 2.05) is 39.8 Å². The summed E-state index contributed by atoms with van der Waals surface area (Å²) in [6, 6.07) is 3.73. The molecule has 3 saturated heterocycles. The van der Waals surface area contributed by atoms with Crippen LogP contribution >= 0.6 is 11.6 Å². The number of benzene rings is 1. The molecule has 4 rings (SSSR count). The van der Waals surface area contributed by atoms with Crippen LogP contribution in [-0.4, -0.2) is 70.8 Å². The van der Waals surface area contributed by atoms with Gasteiger partial charge in [-0.25, -0.2) is 0 Å². The number of likely N-dealkylation sites (tertiary alicyclic amines) is 1. The van der Waals surface area contributed by atoms with Gasteiger partial charge in [-0.15, -0.1) is 13.2 Å². The molecule has 0 aromatic heterocycles. The van der Waals surface area contributed by atoms with Gasteiger partial charge < -0.3 is 24.4 Å². The number of aryl methyl sites for hydroxylation is 1. The Bertz CT molecular complexity index is 1200. The van der Waals surface area contributed by atoms with E-state index in [-0.39, 0.29) is 37.5 Å². The molecule has 230 valence electrons. The Hall–Kier alpha value is -2.68. The van der Waals surface area contributed by atoms with Gasteiger partial charge in [-0.2, -0.15) is 0 Å². The van der Waals surface area contributed by atoms with E-state index in [0.29, 0.717) is 49.2 Å². The minimum absolute atomic E-state index is 0.142. The number of anilines is 1. The number of hydrogen-bond donors (Lipinski definition) is 1. The van der Waals surface area contributed by atoms with Crippen LogP contribution in [0.4, 0.5) is 5.69 Å². The molecule has 2 bridgehead atoms. The second kappa shape index (κ2) is 12.9. The predicted molar refractivity (Wildman–Crippen MR) is 163 cm³/mol. The molecule has 1 aromatic rings. The molecular formula is C33H45ClN2O6. The molecule has 0 aliphatic carbocycles. The minimum atomic E-state index is -1.24. The van der Waals surface area contributed by atoms with Gasteiger partial charge in [-0.05, 0) is 63.0 Å². The smallest absolute Gasteiger partial charge is 0.312 e. The molecule has 9 heteroatoms. The molecule has 1 spiro atoms. The average molecular weight is 601 g/mol. The number of aliphatic hydroxyl groups excluding tert-OH is 1. The van der Waals surface area contributed by atoms with Gasteiger partial charge in [-0.1, -0.05) is 56.7 Å². The molecule has 0 saturated carbocycles. The van der Waals surface area contributed by atoms with Crippen molar-refractivity contribution in [2.75, 3.05) is 24.7 Å². The van der Waals surface area contributed by atoms with Crippen LogP contribution in [0, 0.1) is 24.7 Å². The topological polar surface area (TPSA) is 96.4 Å². The molecule has 3 heterocycles. The summed E-state index contributed by atoms with van der Waals surface area (Å²) in [6.45, 7) is 15.5. The van der Waals surface area contributed by atoms with Crippen molar-refractivity contribution in [1.29, 1.82) is 0 Å². The van der Waals surface area contributed by atoms with Crippen molar-refractivity contribution in [2.24, 2.45) is 17.8 Å². The van der Waals surface area contributed by atoms with Crippen molar-refractivity contribution in [2.45, 2.75) is 89.5 Å². The fourth-order valence-electron chi connectivity index (χ4n) is 7.53. The molecule has 0 radical (unpaired) electrons. The molecule has 42 heavy (non-hydrogen) atoms. The molecular weight excluding hydrogens is 556 g/mol. The van der Waals surface area contributed by atoms with Crippen molar-refractivity contribution in [3.63, 3.8) is 0 Å². The van der Waals surface area contributed by atoms with Gasteiger partial charge in [0.2, 0.25) is 5.91 Å². The van der Waals surface area contributed by atoms with Crippen molar-refractivity contribution >= 4 is 35.1 Å². The van der Waals surface area contributed by atoms with Gasteiger partial charge in [-0.3, -0.25) is 14.4 Å². The molecule has 2 unspecified atom stereocenters. The van der Waals surface area contributed by atoms with E-state index < -0.39 is 41.1 Å². The number of para-hydroxylation sites is 1. The first-order valence-electron chi connectivity index (χ1n) is 15.1. The number of esters is 1. The predicted octanol–water partition coefficient (Wildman–Crippen LogP) is 5.24. The molecule has 1 aromatic carbocycles. The van der Waals surface area contributed by atoms with Gasteiger partial charge in [0.25, 0.3) is 5.91 Å². The van der Waals surface area contributed by atoms with Crippen molar-refractivity contribution in [1.82, 2.24) is 4.90 Å². The fourth-order valence-corrected chi connectivity index (χ4v) is 7.85. The summed E-state index contributed by atoms with van der Waals surface area (Å²) >= 11 is 6.66. The molecule has 2 amide bonds. The van der Waals surface area contributed by atoms with Crippen LogP contribution in [0.1, 0.15) is 64.9 Å². The summed E-state index contributed by atoms with van der Waals surface area (Å²) in [6.07, 6.45) is 6.68. The summed E-state index contributed by atoms with van der Waals surface area (Å²) in [5.74, 6) is -2.78. The number of fused-ring (bicyclic) bond motifs is 1. The third-order valence-electron chi connectivity index (χ3n) is 9.29. The second-order valence-corrected chi connectivity index (χ2v) is 12.7. The van der Waals surface area contributed by atoms with E-state index in [1.165, 1.54) is 4.90 Å². The molecule has 6 atom stereocenters. The van der Waals surface area contributed by atoms with E-state index in [1.54, 1.807) is 23.1 Å². The van der Waals surface area contributed by atoms with Crippen molar-refractivity contribution in [3.05, 3.63) is 54.1 Å². The Balaban J connectivity index is 1.85. The van der Waals surface area contributed by atoms with E-state index in [4.69, 9.17) is 21.1 Å². The Labute approximate surface area is 254 Å². The SMILES string of the molecule is C=CCCCOC(=O)[C@@H]1[C@H]2C(=O)N([C@@H](CO)CC(C)C)C(C(=O)N(CC=C)c3c(C)cccc3Cl)C23CC[C@@]1(CC)O3.